The van der Waals surface area contributed by atoms with E-state index >= 15 is 0 Å². The molecule has 0 spiro atoms. The first-order valence-corrected chi connectivity index (χ1v) is 4.25. The minimum atomic E-state index is 0.536. The Kier molecular flexibility index (Phi) is 2.35. The molecule has 0 saturated heterocycles. The van der Waals surface area contributed by atoms with Crippen molar-refractivity contribution in [2.75, 3.05) is 0 Å². The van der Waals surface area contributed by atoms with Crippen LogP contribution in [0.5, 0.6) is 0 Å². The van der Waals surface area contributed by atoms with E-state index in [0.29, 0.717) is 5.92 Å². The number of hydrogen-bond acceptors (Lipinski definition) is 1. The molecule has 0 aliphatic heterocycles. The van der Waals surface area contributed by atoms with Crippen LogP contribution >= 0.6 is 0 Å². The molecule has 1 heteroatoms. The molecule has 0 radical (unpaired) electrons. The predicted octanol–water partition coefficient (Wildman–Crippen LogP) is 4.19. The van der Waals surface area contributed by atoms with Gasteiger partial charge in [0.25, 0.3) is 0 Å². The molecule has 0 atom stereocenters. The van der Waals surface area contributed by atoms with Gasteiger partial charge in [0.15, 0.2) is 0 Å². The lowest BCUT2D eigenvalue weighted by atomic mass is 10.0. The molecule has 13 heavy (non-hydrogen) atoms. The molecule has 70 valence electrons. The number of benzene rings is 1. The van der Waals surface area contributed by atoms with Gasteiger partial charge in [-0.15, -0.1) is 0 Å². The molecule has 0 N–H and O–H groups in total. The topological polar surface area (TPSA) is 13.1 Å². The first-order valence-electron chi connectivity index (χ1n) is 5.25. The molecule has 0 aliphatic carbocycles. The summed E-state index contributed by atoms with van der Waals surface area (Å²) in [5.74, 6) is 0.536. The minimum absolute atomic E-state index is 0.536. The highest BCUT2D eigenvalue weighted by molar-refractivity contribution is 5.81. The number of rotatable bonds is 1. The van der Waals surface area contributed by atoms with Gasteiger partial charge in [0, 0.05) is 12.3 Å². The van der Waals surface area contributed by atoms with Gasteiger partial charge in [0.1, 0.15) is 5.58 Å². The van der Waals surface area contributed by atoms with E-state index in [-0.39, 0.29) is 0 Å². The lowest BCUT2D eigenvalue weighted by molar-refractivity contribution is 0.606. The second kappa shape index (κ2) is 3.65. The average molecular weight is 178 g/mol. The van der Waals surface area contributed by atoms with Gasteiger partial charge in [-0.25, -0.2) is 0 Å². The largest absolute Gasteiger partial charge is 0.464 e. The van der Waals surface area contributed by atoms with E-state index in [2.05, 4.69) is 19.9 Å². The SMILES string of the molecule is CC(C)c1coc2ccccc12.[3H]C. The van der Waals surface area contributed by atoms with E-state index < -0.39 is 0 Å². The van der Waals surface area contributed by atoms with Crippen LogP contribution in [-0.4, -0.2) is 0 Å². The molecular formula is C12H16O. The highest BCUT2D eigenvalue weighted by Gasteiger charge is 2.07. The van der Waals surface area contributed by atoms with Crippen LogP contribution in [-0.2, 0) is 0 Å². The fourth-order valence-electron chi connectivity index (χ4n) is 1.45. The van der Waals surface area contributed by atoms with Crippen LogP contribution in [0.1, 0.15) is 34.1 Å². The Balaban J connectivity index is 0.000000461. The van der Waals surface area contributed by atoms with Crippen molar-refractivity contribution in [1.82, 2.24) is 0 Å². The van der Waals surface area contributed by atoms with Gasteiger partial charge < -0.3 is 4.42 Å². The van der Waals surface area contributed by atoms with Crippen molar-refractivity contribution in [3.8, 4) is 0 Å². The second-order valence-corrected chi connectivity index (χ2v) is 3.34. The van der Waals surface area contributed by atoms with Gasteiger partial charge in [-0.05, 0) is 12.0 Å². The molecule has 2 rings (SSSR count). The van der Waals surface area contributed by atoms with E-state index in [9.17, 15) is 0 Å². The van der Waals surface area contributed by atoms with Crippen LogP contribution in [0.4, 0.5) is 0 Å². The summed E-state index contributed by atoms with van der Waals surface area (Å²) in [5, 5.41) is 1.24. The monoisotopic (exact) mass is 178 g/mol. The van der Waals surface area contributed by atoms with E-state index in [0.717, 1.165) is 5.58 Å². The predicted molar refractivity (Wildman–Crippen MR) is 57.0 cm³/mol. The number of furan rings is 1. The summed E-state index contributed by atoms with van der Waals surface area (Å²) in [5.41, 5.74) is 2.28. The van der Waals surface area contributed by atoms with Crippen LogP contribution in [0.3, 0.4) is 0 Å². The number of hydrogen-bond donors (Lipinski definition) is 0. The van der Waals surface area contributed by atoms with E-state index in [1.165, 1.54) is 18.4 Å². The normalized spacial score (nSPS) is 10.9. The maximum Gasteiger partial charge on any atom is 0.134 e. The Labute approximate surface area is 80.8 Å². The van der Waals surface area contributed by atoms with E-state index in [4.69, 9.17) is 5.79 Å². The molecule has 1 aromatic carbocycles. The fraction of sp³-hybridized carbons (Fsp3) is 0.333. The summed E-state index contributed by atoms with van der Waals surface area (Å²) in [7, 11) is 1.25. The van der Waals surface area contributed by atoms with Gasteiger partial charge in [0.2, 0.25) is 0 Å². The van der Waals surface area contributed by atoms with Crippen molar-refractivity contribution in [2.24, 2.45) is 0 Å². The lowest BCUT2D eigenvalue weighted by Crippen LogP contribution is -1.82. The molecule has 1 nitrogen and oxygen atoms in total. The van der Waals surface area contributed by atoms with Crippen molar-refractivity contribution in [3.05, 3.63) is 36.1 Å². The van der Waals surface area contributed by atoms with Crippen LogP contribution in [0, 0.1) is 0 Å². The van der Waals surface area contributed by atoms with Crippen LogP contribution in [0.25, 0.3) is 11.0 Å². The molecule has 0 fully saturated rings. The minimum Gasteiger partial charge on any atom is -0.464 e. The van der Waals surface area contributed by atoms with Crippen molar-refractivity contribution in [3.63, 3.8) is 0 Å². The van der Waals surface area contributed by atoms with Gasteiger partial charge in [-0.3, -0.25) is 0 Å². The maximum absolute atomic E-state index is 5.75. The standard InChI is InChI=1S/C11H12O.CH4/c1-8(2)10-7-12-11-6-4-3-5-9(10)11;/h3-8H,1-2H3;1H4/i;1T. The first-order chi connectivity index (χ1) is 6.79. The van der Waals surface area contributed by atoms with Crippen molar-refractivity contribution in [1.29, 1.82) is 0 Å². The van der Waals surface area contributed by atoms with E-state index in [1.807, 2.05) is 24.5 Å². The zero-order chi connectivity index (χ0) is 10.6. The van der Waals surface area contributed by atoms with Gasteiger partial charge in [-0.2, -0.15) is 0 Å². The lowest BCUT2D eigenvalue weighted by Gasteiger charge is -1.99. The highest BCUT2D eigenvalue weighted by Crippen LogP contribution is 2.26. The average Bonchev–Trinajstić information content (AvgIpc) is 2.64. The smallest absolute Gasteiger partial charge is 0.134 e. The molecule has 0 bridgehead atoms. The second-order valence-electron chi connectivity index (χ2n) is 3.34. The Morgan fingerprint density at radius 3 is 2.69 bits per heavy atom. The fourth-order valence-corrected chi connectivity index (χ4v) is 1.45. The number of fused-ring (bicyclic) bond motifs is 1. The molecule has 2 aromatic rings. The van der Waals surface area contributed by atoms with Gasteiger partial charge >= 0.3 is 0 Å². The summed E-state index contributed by atoms with van der Waals surface area (Å²) in [4.78, 5) is 0. The van der Waals surface area contributed by atoms with Crippen molar-refractivity contribution < 1.29 is 5.79 Å². The Hall–Kier alpha value is -1.24. The van der Waals surface area contributed by atoms with Crippen LogP contribution < -0.4 is 0 Å². The molecule has 0 unspecified atom stereocenters. The van der Waals surface area contributed by atoms with E-state index in [1.54, 1.807) is 0 Å². The molecule has 0 saturated carbocycles. The summed E-state index contributed by atoms with van der Waals surface area (Å²) >= 11 is 0. The Bertz CT molecular complexity index is 390. The number of para-hydroxylation sites is 1. The third-order valence-electron chi connectivity index (χ3n) is 2.13. The molecule has 0 aliphatic rings. The first kappa shape index (κ1) is 8.36. The molecular weight excluding hydrogens is 160 g/mol. The van der Waals surface area contributed by atoms with Crippen LogP contribution in [0.15, 0.2) is 34.9 Å². The highest BCUT2D eigenvalue weighted by atomic mass is 16.3. The summed E-state index contributed by atoms with van der Waals surface area (Å²) in [6.45, 7) is 4.36. The quantitative estimate of drug-likeness (QED) is 0.638. The van der Waals surface area contributed by atoms with Gasteiger partial charge in [-0.1, -0.05) is 39.4 Å². The zero-order valence-electron chi connectivity index (χ0n) is 9.37. The summed E-state index contributed by atoms with van der Waals surface area (Å²) in [6.07, 6.45) is 1.86. The molecule has 1 heterocycles. The third-order valence-corrected chi connectivity index (χ3v) is 2.13. The Morgan fingerprint density at radius 1 is 1.31 bits per heavy atom. The molecule has 1 aromatic heterocycles. The summed E-state index contributed by atoms with van der Waals surface area (Å²) in [6, 6.07) is 8.15. The van der Waals surface area contributed by atoms with Crippen LogP contribution in [0.2, 0.25) is 0 Å². The molecule has 0 amide bonds. The maximum atomic E-state index is 5.75. The summed E-state index contributed by atoms with van der Waals surface area (Å²) < 4.78 is 11.2. The zero-order valence-corrected chi connectivity index (χ0v) is 8.37. The van der Waals surface area contributed by atoms with Crippen molar-refractivity contribution >= 4 is 11.0 Å². The van der Waals surface area contributed by atoms with Crippen molar-refractivity contribution in [2.45, 2.75) is 27.2 Å². The Morgan fingerprint density at radius 2 is 2.00 bits per heavy atom. The van der Waals surface area contributed by atoms with Gasteiger partial charge in [0.05, 0.1) is 6.26 Å². The third kappa shape index (κ3) is 1.59.